The molecule has 0 aliphatic heterocycles. The minimum atomic E-state index is -1.29. The number of hydrogen-bond donors (Lipinski definition) is 2. The summed E-state index contributed by atoms with van der Waals surface area (Å²) in [6.07, 6.45) is 2.75. The minimum Gasteiger partial charge on any atom is -0.480 e. The molecule has 2 heterocycles. The predicted octanol–water partition coefficient (Wildman–Crippen LogP) is 4.47. The summed E-state index contributed by atoms with van der Waals surface area (Å²) in [5.74, 6) is -2.12. The fraction of sp³-hybridized carbons (Fsp3) is 0.280. The largest absolute Gasteiger partial charge is 0.480 e. The Morgan fingerprint density at radius 3 is 2.11 bits per heavy atom. The van der Waals surface area contributed by atoms with Gasteiger partial charge in [-0.2, -0.15) is 0 Å². The summed E-state index contributed by atoms with van der Waals surface area (Å²) in [6, 6.07) is 5.45. The van der Waals surface area contributed by atoms with Crippen molar-refractivity contribution in [3.8, 4) is 0 Å². The number of rotatable bonds is 8. The van der Waals surface area contributed by atoms with Gasteiger partial charge in [-0.15, -0.1) is 0 Å². The van der Waals surface area contributed by atoms with E-state index in [2.05, 4.69) is 4.98 Å². The molecule has 2 aromatic heterocycles. The van der Waals surface area contributed by atoms with Crippen molar-refractivity contribution in [2.45, 2.75) is 39.8 Å². The quantitative estimate of drug-likeness (QED) is 0.336. The topological polar surface area (TPSA) is 119 Å². The highest BCUT2D eigenvalue weighted by Crippen LogP contribution is 2.30. The normalized spacial score (nSPS) is 11.8. The number of hydrogen-bond acceptors (Lipinski definition) is 5. The number of pyridine rings is 1. The number of ketones is 1. The Labute approximate surface area is 213 Å². The number of benzene rings is 1. The molecule has 10 heteroatoms. The molecule has 0 saturated heterocycles. The van der Waals surface area contributed by atoms with Gasteiger partial charge in [0.05, 0.1) is 21.2 Å². The van der Waals surface area contributed by atoms with Crippen LogP contribution in [0.4, 0.5) is 5.69 Å². The average molecular weight is 517 g/mol. The molecule has 0 radical (unpaired) electrons. The Balaban J connectivity index is 2.18. The van der Waals surface area contributed by atoms with Crippen LogP contribution in [0.25, 0.3) is 0 Å². The molecular formula is C25H26Cl2N4O4. The molecule has 3 rings (SSSR count). The van der Waals surface area contributed by atoms with Gasteiger partial charge < -0.3 is 20.3 Å². The van der Waals surface area contributed by atoms with Gasteiger partial charge in [0.25, 0.3) is 5.91 Å². The lowest BCUT2D eigenvalue weighted by Crippen LogP contribution is -2.46. The molecule has 184 valence electrons. The van der Waals surface area contributed by atoms with Gasteiger partial charge in [0.1, 0.15) is 6.04 Å². The number of carboxylic acid groups (broad SMARTS) is 1. The van der Waals surface area contributed by atoms with Crippen molar-refractivity contribution in [1.82, 2.24) is 14.5 Å². The Kier molecular flexibility index (Phi) is 7.87. The van der Waals surface area contributed by atoms with Gasteiger partial charge in [-0.05, 0) is 38.5 Å². The van der Waals surface area contributed by atoms with E-state index in [1.54, 1.807) is 49.7 Å². The Bertz CT molecular complexity index is 1280. The lowest BCUT2D eigenvalue weighted by molar-refractivity contribution is -0.142. The SMILES string of the molecule is CC(=O)c1c(C(=O)N(Cc2c(Cl)cncc2Cl)[C@@H](Cc2ccc(N)cc2)C(=O)O)c(C)n(C)c1C. The molecule has 3 N–H and O–H groups in total. The lowest BCUT2D eigenvalue weighted by Gasteiger charge is -2.30. The summed E-state index contributed by atoms with van der Waals surface area (Å²) in [4.78, 5) is 44.2. The van der Waals surface area contributed by atoms with E-state index in [1.165, 1.54) is 24.2 Å². The van der Waals surface area contributed by atoms with Crippen molar-refractivity contribution < 1.29 is 19.5 Å². The number of carbonyl (C=O) groups excluding carboxylic acids is 2. The number of aliphatic carboxylic acids is 1. The molecule has 0 fully saturated rings. The maximum Gasteiger partial charge on any atom is 0.326 e. The Morgan fingerprint density at radius 2 is 1.60 bits per heavy atom. The monoisotopic (exact) mass is 516 g/mol. The summed E-state index contributed by atoms with van der Waals surface area (Å²) in [7, 11) is 1.75. The number of anilines is 1. The van der Waals surface area contributed by atoms with Crippen LogP contribution >= 0.6 is 23.2 Å². The molecule has 0 aliphatic rings. The van der Waals surface area contributed by atoms with E-state index in [-0.39, 0.29) is 39.9 Å². The van der Waals surface area contributed by atoms with Crippen molar-refractivity contribution in [1.29, 1.82) is 0 Å². The molecule has 1 aromatic carbocycles. The first kappa shape index (κ1) is 26.2. The standard InChI is InChI=1S/C25H26Cl2N4O4/c1-13-22(15(3)32)23(14(2)30(13)4)24(33)31(12-18-19(26)10-29-11-20(18)27)21(25(34)35)9-16-5-7-17(28)8-6-16/h5-8,10-11,21H,9,12,28H2,1-4H3,(H,34,35)/t21-/m0/s1. The third kappa shape index (κ3) is 5.33. The number of Topliss-reactive ketones (excluding diaryl/α,β-unsaturated/α-hetero) is 1. The van der Waals surface area contributed by atoms with Crippen LogP contribution in [0, 0.1) is 13.8 Å². The van der Waals surface area contributed by atoms with E-state index in [1.807, 2.05) is 0 Å². The highest BCUT2D eigenvalue weighted by molar-refractivity contribution is 6.35. The van der Waals surface area contributed by atoms with E-state index in [4.69, 9.17) is 28.9 Å². The number of aromatic nitrogens is 2. The van der Waals surface area contributed by atoms with Crippen LogP contribution in [0.5, 0.6) is 0 Å². The van der Waals surface area contributed by atoms with Crippen molar-refractivity contribution in [2.75, 3.05) is 5.73 Å². The van der Waals surface area contributed by atoms with E-state index in [0.717, 1.165) is 0 Å². The molecule has 35 heavy (non-hydrogen) atoms. The van der Waals surface area contributed by atoms with Gasteiger partial charge in [-0.1, -0.05) is 35.3 Å². The molecule has 0 unspecified atom stereocenters. The number of amides is 1. The second-order valence-corrected chi connectivity index (χ2v) is 9.16. The number of nitrogen functional groups attached to an aromatic ring is 1. The molecule has 0 saturated carbocycles. The molecule has 1 atom stereocenters. The van der Waals surface area contributed by atoms with Crippen molar-refractivity contribution in [2.24, 2.45) is 7.05 Å². The van der Waals surface area contributed by atoms with Gasteiger partial charge in [0.15, 0.2) is 5.78 Å². The lowest BCUT2D eigenvalue weighted by atomic mass is 9.99. The third-order valence-electron chi connectivity index (χ3n) is 6.16. The van der Waals surface area contributed by atoms with Crippen molar-refractivity contribution in [3.63, 3.8) is 0 Å². The van der Waals surface area contributed by atoms with Gasteiger partial charge in [-0.3, -0.25) is 14.6 Å². The summed E-state index contributed by atoms with van der Waals surface area (Å²) in [5, 5.41) is 10.6. The maximum absolute atomic E-state index is 14.0. The number of carbonyl (C=O) groups is 3. The molecule has 1 amide bonds. The molecule has 3 aromatic rings. The molecule has 0 spiro atoms. The molecular weight excluding hydrogens is 491 g/mol. The summed E-state index contributed by atoms with van der Waals surface area (Å²) in [5.41, 5.74) is 8.89. The van der Waals surface area contributed by atoms with Gasteiger partial charge in [0.2, 0.25) is 0 Å². The zero-order valence-electron chi connectivity index (χ0n) is 19.8. The average Bonchev–Trinajstić information content (AvgIpc) is 3.02. The van der Waals surface area contributed by atoms with Crippen LogP contribution in [0.1, 0.15) is 50.2 Å². The first-order valence-electron chi connectivity index (χ1n) is 10.8. The fourth-order valence-corrected chi connectivity index (χ4v) is 4.56. The second kappa shape index (κ2) is 10.5. The predicted molar refractivity (Wildman–Crippen MR) is 135 cm³/mol. The fourth-order valence-electron chi connectivity index (χ4n) is 4.08. The number of nitrogens with zero attached hydrogens (tertiary/aromatic N) is 3. The second-order valence-electron chi connectivity index (χ2n) is 8.35. The van der Waals surface area contributed by atoms with E-state index < -0.39 is 17.9 Å². The van der Waals surface area contributed by atoms with Gasteiger partial charge in [0, 0.05) is 55.0 Å². The Hall–Kier alpha value is -3.36. The molecule has 0 bridgehead atoms. The van der Waals surface area contributed by atoms with E-state index >= 15 is 0 Å². The van der Waals surface area contributed by atoms with Crippen molar-refractivity contribution in [3.05, 3.63) is 80.3 Å². The number of halogens is 2. The van der Waals surface area contributed by atoms with Crippen molar-refractivity contribution >= 4 is 46.5 Å². The number of carboxylic acids is 1. The zero-order valence-corrected chi connectivity index (χ0v) is 21.3. The van der Waals surface area contributed by atoms with Gasteiger partial charge in [-0.25, -0.2) is 4.79 Å². The highest BCUT2D eigenvalue weighted by atomic mass is 35.5. The summed E-state index contributed by atoms with van der Waals surface area (Å²) >= 11 is 12.6. The van der Waals surface area contributed by atoms with Crippen LogP contribution in [-0.4, -0.2) is 43.3 Å². The van der Waals surface area contributed by atoms with Crippen LogP contribution in [0.2, 0.25) is 10.0 Å². The van der Waals surface area contributed by atoms with Crippen LogP contribution in [-0.2, 0) is 24.8 Å². The summed E-state index contributed by atoms with van der Waals surface area (Å²) < 4.78 is 1.74. The first-order valence-corrected chi connectivity index (χ1v) is 11.5. The maximum atomic E-state index is 14.0. The number of nitrogens with two attached hydrogens (primary N) is 1. The van der Waals surface area contributed by atoms with E-state index in [9.17, 15) is 19.5 Å². The third-order valence-corrected chi connectivity index (χ3v) is 6.81. The zero-order chi connectivity index (χ0) is 26.0. The first-order chi connectivity index (χ1) is 16.4. The molecule has 8 nitrogen and oxygen atoms in total. The van der Waals surface area contributed by atoms with Crippen LogP contribution in [0.3, 0.4) is 0 Å². The van der Waals surface area contributed by atoms with Crippen LogP contribution < -0.4 is 5.73 Å². The van der Waals surface area contributed by atoms with Gasteiger partial charge >= 0.3 is 5.97 Å². The smallest absolute Gasteiger partial charge is 0.326 e. The Morgan fingerprint density at radius 1 is 1.06 bits per heavy atom. The van der Waals surface area contributed by atoms with Crippen LogP contribution in [0.15, 0.2) is 36.7 Å². The highest BCUT2D eigenvalue weighted by Gasteiger charge is 2.35. The minimum absolute atomic E-state index is 0.00193. The van der Waals surface area contributed by atoms with E-state index in [0.29, 0.717) is 28.2 Å². The summed E-state index contributed by atoms with van der Waals surface area (Å²) in [6.45, 7) is 4.63. The molecule has 0 aliphatic carbocycles.